The predicted molar refractivity (Wildman–Crippen MR) is 279 cm³/mol. The summed E-state index contributed by atoms with van der Waals surface area (Å²) in [6.45, 7) is 6.55. The van der Waals surface area contributed by atoms with Crippen molar-refractivity contribution in [1.82, 2.24) is 0 Å². The summed E-state index contributed by atoms with van der Waals surface area (Å²) < 4.78 is 16.8. The molecule has 0 saturated carbocycles. The molecule has 0 bridgehead atoms. The molecule has 6 heteroatoms. The molecule has 0 rings (SSSR count). The Labute approximate surface area is 402 Å². The molecule has 0 aromatic heterocycles. The van der Waals surface area contributed by atoms with E-state index in [2.05, 4.69) is 93.7 Å². The van der Waals surface area contributed by atoms with Crippen molar-refractivity contribution in [3.63, 3.8) is 0 Å². The van der Waals surface area contributed by atoms with Crippen LogP contribution in [-0.4, -0.2) is 37.2 Å². The summed E-state index contributed by atoms with van der Waals surface area (Å²) in [4.78, 5) is 38.1. The first-order valence-electron chi connectivity index (χ1n) is 27.4. The molecule has 65 heavy (non-hydrogen) atoms. The lowest BCUT2D eigenvalue weighted by atomic mass is 10.1. The number of hydrogen-bond donors (Lipinski definition) is 0. The largest absolute Gasteiger partial charge is 0.462 e. The summed E-state index contributed by atoms with van der Waals surface area (Å²) in [5, 5.41) is 0. The van der Waals surface area contributed by atoms with E-state index in [4.69, 9.17) is 14.2 Å². The summed E-state index contributed by atoms with van der Waals surface area (Å²) >= 11 is 0. The van der Waals surface area contributed by atoms with Crippen LogP contribution in [-0.2, 0) is 28.6 Å². The number of hydrogen-bond acceptors (Lipinski definition) is 6. The number of esters is 3. The molecule has 6 nitrogen and oxygen atoms in total. The van der Waals surface area contributed by atoms with Crippen molar-refractivity contribution in [3.8, 4) is 0 Å². The van der Waals surface area contributed by atoms with E-state index in [1.807, 2.05) is 0 Å². The lowest BCUT2D eigenvalue weighted by Gasteiger charge is -2.18. The van der Waals surface area contributed by atoms with E-state index in [0.29, 0.717) is 19.3 Å². The predicted octanol–water partition coefficient (Wildman–Crippen LogP) is 18.2. The molecule has 0 fully saturated rings. The standard InChI is InChI=1S/C59H102O6/c1-4-7-10-13-16-19-22-25-28-29-32-34-37-40-43-46-49-52-58(61)64-55-56(65-59(62)53-50-47-44-41-38-35-31-27-24-21-18-15-12-9-6-3)54-63-57(60)51-48-45-42-39-36-33-30-26-23-20-17-14-11-8-5-2/h16-17,19-20,25-28,30-32,34,56H,4-15,18,21-24,29,33,35-55H2,1-3H3/b19-16-,20-17-,28-25-,30-26-,31-27-,34-32-/t56-/m1/s1. The van der Waals surface area contributed by atoms with Gasteiger partial charge in [-0.3, -0.25) is 14.4 Å². The summed E-state index contributed by atoms with van der Waals surface area (Å²) in [6, 6.07) is 0. The van der Waals surface area contributed by atoms with Gasteiger partial charge in [0.15, 0.2) is 6.10 Å². The van der Waals surface area contributed by atoms with Crippen molar-refractivity contribution < 1.29 is 28.6 Å². The van der Waals surface area contributed by atoms with Gasteiger partial charge in [-0.25, -0.2) is 0 Å². The molecule has 0 amide bonds. The molecule has 0 aromatic carbocycles. The van der Waals surface area contributed by atoms with Gasteiger partial charge in [-0.15, -0.1) is 0 Å². The molecule has 0 radical (unpaired) electrons. The molecule has 1 atom stereocenters. The van der Waals surface area contributed by atoms with Crippen LogP contribution in [0, 0.1) is 0 Å². The fourth-order valence-electron chi connectivity index (χ4n) is 7.47. The van der Waals surface area contributed by atoms with Gasteiger partial charge in [0.2, 0.25) is 0 Å². The molecule has 0 aliphatic heterocycles. The maximum atomic E-state index is 12.8. The second kappa shape index (κ2) is 53.5. The van der Waals surface area contributed by atoms with Crippen molar-refractivity contribution in [2.75, 3.05) is 13.2 Å². The average Bonchev–Trinajstić information content (AvgIpc) is 3.30. The third-order valence-corrected chi connectivity index (χ3v) is 11.7. The van der Waals surface area contributed by atoms with Crippen molar-refractivity contribution in [2.45, 2.75) is 271 Å². The molecular weight excluding hydrogens is 805 g/mol. The Bertz CT molecular complexity index is 1230. The van der Waals surface area contributed by atoms with Gasteiger partial charge in [0.1, 0.15) is 13.2 Å². The van der Waals surface area contributed by atoms with E-state index in [9.17, 15) is 14.4 Å². The molecule has 0 aromatic rings. The minimum atomic E-state index is -0.795. The molecule has 0 unspecified atom stereocenters. The smallest absolute Gasteiger partial charge is 0.306 e. The molecule has 0 N–H and O–H groups in total. The first-order chi connectivity index (χ1) is 32.0. The van der Waals surface area contributed by atoms with E-state index < -0.39 is 6.10 Å². The van der Waals surface area contributed by atoms with Crippen LogP contribution >= 0.6 is 0 Å². The highest BCUT2D eigenvalue weighted by atomic mass is 16.6. The van der Waals surface area contributed by atoms with Crippen molar-refractivity contribution in [2.24, 2.45) is 0 Å². The van der Waals surface area contributed by atoms with Gasteiger partial charge in [0.25, 0.3) is 0 Å². The summed E-state index contributed by atoms with van der Waals surface area (Å²) in [7, 11) is 0. The van der Waals surface area contributed by atoms with Crippen LogP contribution in [0.25, 0.3) is 0 Å². The summed E-state index contributed by atoms with van der Waals surface area (Å²) in [5.74, 6) is -0.932. The molecule has 0 heterocycles. The van der Waals surface area contributed by atoms with Gasteiger partial charge < -0.3 is 14.2 Å². The molecular formula is C59H102O6. The number of carbonyl (C=O) groups is 3. The monoisotopic (exact) mass is 907 g/mol. The summed E-state index contributed by atoms with van der Waals surface area (Å²) in [5.41, 5.74) is 0. The lowest BCUT2D eigenvalue weighted by molar-refractivity contribution is -0.167. The fraction of sp³-hybridized carbons (Fsp3) is 0.746. The highest BCUT2D eigenvalue weighted by molar-refractivity contribution is 5.71. The van der Waals surface area contributed by atoms with E-state index in [1.165, 1.54) is 103 Å². The zero-order chi connectivity index (χ0) is 47.2. The van der Waals surface area contributed by atoms with E-state index in [0.717, 1.165) is 122 Å². The number of unbranched alkanes of at least 4 members (excludes halogenated alkanes) is 26. The van der Waals surface area contributed by atoms with Crippen LogP contribution in [0.1, 0.15) is 265 Å². The van der Waals surface area contributed by atoms with Crippen LogP contribution < -0.4 is 0 Å². The normalized spacial score (nSPS) is 12.6. The van der Waals surface area contributed by atoms with Gasteiger partial charge in [-0.05, 0) is 116 Å². The van der Waals surface area contributed by atoms with Gasteiger partial charge in [-0.1, -0.05) is 203 Å². The Morgan fingerprint density at radius 1 is 0.308 bits per heavy atom. The number of ether oxygens (including phenoxy) is 3. The summed E-state index contributed by atoms with van der Waals surface area (Å²) in [6.07, 6.45) is 67.3. The van der Waals surface area contributed by atoms with Crippen LogP contribution in [0.3, 0.4) is 0 Å². The Kier molecular flexibility index (Phi) is 50.9. The Morgan fingerprint density at radius 2 is 0.554 bits per heavy atom. The molecule has 0 saturated heterocycles. The second-order valence-electron chi connectivity index (χ2n) is 18.1. The van der Waals surface area contributed by atoms with Crippen molar-refractivity contribution >= 4 is 17.9 Å². The molecule has 374 valence electrons. The van der Waals surface area contributed by atoms with Crippen LogP contribution in [0.5, 0.6) is 0 Å². The Hall–Kier alpha value is -3.15. The zero-order valence-corrected chi connectivity index (χ0v) is 42.7. The number of allylic oxidation sites excluding steroid dienone is 12. The molecule has 0 aliphatic carbocycles. The van der Waals surface area contributed by atoms with Crippen LogP contribution in [0.15, 0.2) is 72.9 Å². The minimum Gasteiger partial charge on any atom is -0.462 e. The van der Waals surface area contributed by atoms with E-state index in [-0.39, 0.29) is 31.1 Å². The quantitative estimate of drug-likeness (QED) is 0.0262. The maximum absolute atomic E-state index is 12.8. The Morgan fingerprint density at radius 3 is 0.908 bits per heavy atom. The van der Waals surface area contributed by atoms with Crippen LogP contribution in [0.4, 0.5) is 0 Å². The first-order valence-corrected chi connectivity index (χ1v) is 27.4. The topological polar surface area (TPSA) is 78.9 Å². The van der Waals surface area contributed by atoms with Crippen LogP contribution in [0.2, 0.25) is 0 Å². The van der Waals surface area contributed by atoms with Crippen molar-refractivity contribution in [1.29, 1.82) is 0 Å². The fourth-order valence-corrected chi connectivity index (χ4v) is 7.47. The first kappa shape index (κ1) is 61.9. The zero-order valence-electron chi connectivity index (χ0n) is 42.7. The molecule has 0 aliphatic rings. The third kappa shape index (κ3) is 51.7. The highest BCUT2D eigenvalue weighted by Gasteiger charge is 2.19. The average molecular weight is 907 g/mol. The van der Waals surface area contributed by atoms with Gasteiger partial charge in [0.05, 0.1) is 0 Å². The lowest BCUT2D eigenvalue weighted by Crippen LogP contribution is -2.30. The van der Waals surface area contributed by atoms with Gasteiger partial charge in [0, 0.05) is 19.3 Å². The van der Waals surface area contributed by atoms with E-state index in [1.54, 1.807) is 0 Å². The second-order valence-corrected chi connectivity index (χ2v) is 18.1. The van der Waals surface area contributed by atoms with Gasteiger partial charge >= 0.3 is 17.9 Å². The third-order valence-electron chi connectivity index (χ3n) is 11.7. The molecule has 0 spiro atoms. The minimum absolute atomic E-state index is 0.0933. The SMILES string of the molecule is CCCCC/C=C\C/C=C\C/C=C\CCCCCCC(=O)OC[C@@H](COC(=O)CCCCCCC/C=C\C/C=C\CCCCC)OC(=O)CCCCCCC/C=C\CCCCCCCC. The van der Waals surface area contributed by atoms with Crippen molar-refractivity contribution in [3.05, 3.63) is 72.9 Å². The number of rotatable bonds is 49. The number of carbonyl (C=O) groups excluding carboxylic acids is 3. The maximum Gasteiger partial charge on any atom is 0.306 e. The van der Waals surface area contributed by atoms with Gasteiger partial charge in [-0.2, -0.15) is 0 Å². The Balaban J connectivity index is 4.46. The van der Waals surface area contributed by atoms with E-state index >= 15 is 0 Å². The highest BCUT2D eigenvalue weighted by Crippen LogP contribution is 2.14.